The molecule has 1 atom stereocenters. The van der Waals surface area contributed by atoms with E-state index in [1.54, 1.807) is 20.8 Å². The Labute approximate surface area is 150 Å². The molecule has 0 radical (unpaired) electrons. The van der Waals surface area contributed by atoms with Crippen molar-refractivity contribution in [3.05, 3.63) is 33.4 Å². The topological polar surface area (TPSA) is 64.6 Å². The number of rotatable bonds is 4. The van der Waals surface area contributed by atoms with Crippen molar-refractivity contribution >= 4 is 47.1 Å². The number of amides is 1. The lowest BCUT2D eigenvalue weighted by Gasteiger charge is -2.22. The second-order valence-electron chi connectivity index (χ2n) is 5.55. The van der Waals surface area contributed by atoms with Gasteiger partial charge in [0.05, 0.1) is 7.11 Å². The molecule has 22 heavy (non-hydrogen) atoms. The molecule has 0 fully saturated rings. The summed E-state index contributed by atoms with van der Waals surface area (Å²) in [5.41, 5.74) is 0.315. The SMILES string of the molecule is COC(=O)[C@H](Cc1ccc(I)cc1)NC(=O)OC(C)(C)C.Cl. The van der Waals surface area contributed by atoms with E-state index in [0.717, 1.165) is 9.13 Å². The van der Waals surface area contributed by atoms with Gasteiger partial charge in [-0.1, -0.05) is 12.1 Å². The Hall–Kier alpha value is -1.02. The number of alkyl carbamates (subject to hydrolysis) is 1. The van der Waals surface area contributed by atoms with Gasteiger partial charge in [0.25, 0.3) is 0 Å². The minimum atomic E-state index is -0.773. The van der Waals surface area contributed by atoms with Gasteiger partial charge in [-0.3, -0.25) is 0 Å². The van der Waals surface area contributed by atoms with Crippen LogP contribution in [0.1, 0.15) is 26.3 Å². The van der Waals surface area contributed by atoms with Crippen LogP contribution >= 0.6 is 35.0 Å². The van der Waals surface area contributed by atoms with Crippen LogP contribution in [0, 0.1) is 3.57 Å². The van der Waals surface area contributed by atoms with Crippen LogP contribution in [-0.4, -0.2) is 30.8 Å². The van der Waals surface area contributed by atoms with E-state index in [1.807, 2.05) is 24.3 Å². The van der Waals surface area contributed by atoms with Gasteiger partial charge >= 0.3 is 12.1 Å². The summed E-state index contributed by atoms with van der Waals surface area (Å²) in [4.78, 5) is 23.6. The fraction of sp³-hybridized carbons (Fsp3) is 0.467. The maximum atomic E-state index is 11.8. The molecule has 1 amide bonds. The normalized spacial score (nSPS) is 11.9. The number of nitrogens with one attached hydrogen (secondary N) is 1. The molecule has 0 aliphatic carbocycles. The monoisotopic (exact) mass is 441 g/mol. The lowest BCUT2D eigenvalue weighted by Crippen LogP contribution is -2.45. The lowest BCUT2D eigenvalue weighted by atomic mass is 10.1. The number of carbonyl (C=O) groups is 2. The van der Waals surface area contributed by atoms with Crippen LogP contribution in [0.3, 0.4) is 0 Å². The third-order valence-corrected chi connectivity index (χ3v) is 3.25. The van der Waals surface area contributed by atoms with Crippen molar-refractivity contribution in [3.8, 4) is 0 Å². The summed E-state index contributed by atoms with van der Waals surface area (Å²) < 4.78 is 11.0. The molecule has 0 saturated carbocycles. The van der Waals surface area contributed by atoms with Crippen molar-refractivity contribution in [2.24, 2.45) is 0 Å². The second kappa shape index (κ2) is 9.19. The van der Waals surface area contributed by atoms with Crippen LogP contribution in [-0.2, 0) is 20.7 Å². The summed E-state index contributed by atoms with van der Waals surface area (Å²) in [6.45, 7) is 5.29. The molecule has 0 unspecified atom stereocenters. The molecule has 0 spiro atoms. The smallest absolute Gasteiger partial charge is 0.408 e. The number of hydrogen-bond donors (Lipinski definition) is 1. The van der Waals surface area contributed by atoms with E-state index >= 15 is 0 Å². The quantitative estimate of drug-likeness (QED) is 0.575. The first-order valence-corrected chi connectivity index (χ1v) is 7.61. The first-order valence-electron chi connectivity index (χ1n) is 6.53. The zero-order valence-corrected chi connectivity index (χ0v) is 16.0. The van der Waals surface area contributed by atoms with Crippen molar-refractivity contribution in [3.63, 3.8) is 0 Å². The standard InChI is InChI=1S/C15H20INO4.ClH/c1-15(2,3)21-14(19)17-12(13(18)20-4)9-10-5-7-11(16)8-6-10;/h5-8,12H,9H2,1-4H3,(H,17,19);1H/t12-;/m0./s1. The van der Waals surface area contributed by atoms with Crippen LogP contribution in [0.4, 0.5) is 4.79 Å². The Morgan fingerprint density at radius 3 is 2.23 bits per heavy atom. The Balaban J connectivity index is 0.00000441. The van der Waals surface area contributed by atoms with Gasteiger partial charge in [-0.2, -0.15) is 0 Å². The number of methoxy groups -OCH3 is 1. The Morgan fingerprint density at radius 1 is 1.23 bits per heavy atom. The van der Waals surface area contributed by atoms with Crippen molar-refractivity contribution in [1.29, 1.82) is 0 Å². The summed E-state index contributed by atoms with van der Waals surface area (Å²) in [6, 6.07) is 6.93. The number of halogens is 2. The van der Waals surface area contributed by atoms with E-state index < -0.39 is 23.7 Å². The van der Waals surface area contributed by atoms with Gasteiger partial charge in [-0.05, 0) is 61.1 Å². The molecule has 0 heterocycles. The number of esters is 1. The molecule has 0 aliphatic heterocycles. The molecule has 1 N–H and O–H groups in total. The van der Waals surface area contributed by atoms with E-state index in [0.29, 0.717) is 6.42 Å². The predicted molar refractivity (Wildman–Crippen MR) is 95.3 cm³/mol. The van der Waals surface area contributed by atoms with Gasteiger partial charge in [0.2, 0.25) is 0 Å². The Kier molecular flexibility index (Phi) is 8.77. The van der Waals surface area contributed by atoms with Gasteiger partial charge in [0, 0.05) is 9.99 Å². The predicted octanol–water partition coefficient (Wildman–Crippen LogP) is 3.32. The van der Waals surface area contributed by atoms with Crippen LogP contribution in [0.15, 0.2) is 24.3 Å². The lowest BCUT2D eigenvalue weighted by molar-refractivity contribution is -0.143. The fourth-order valence-corrected chi connectivity index (χ4v) is 2.00. The number of benzene rings is 1. The largest absolute Gasteiger partial charge is 0.467 e. The van der Waals surface area contributed by atoms with Crippen LogP contribution in [0.5, 0.6) is 0 Å². The van der Waals surface area contributed by atoms with Crippen molar-refractivity contribution < 1.29 is 19.1 Å². The van der Waals surface area contributed by atoms with Crippen LogP contribution in [0.2, 0.25) is 0 Å². The molecule has 1 rings (SSSR count). The molecule has 1 aromatic carbocycles. The second-order valence-corrected chi connectivity index (χ2v) is 6.80. The molecule has 0 aromatic heterocycles. The average Bonchev–Trinajstić information content (AvgIpc) is 2.37. The Bertz CT molecular complexity index is 499. The zero-order chi connectivity index (χ0) is 16.0. The fourth-order valence-electron chi connectivity index (χ4n) is 1.64. The number of carbonyl (C=O) groups excluding carboxylic acids is 2. The van der Waals surface area contributed by atoms with E-state index in [-0.39, 0.29) is 12.4 Å². The highest BCUT2D eigenvalue weighted by Gasteiger charge is 2.25. The summed E-state index contributed by atoms with van der Waals surface area (Å²) >= 11 is 2.20. The highest BCUT2D eigenvalue weighted by Crippen LogP contribution is 2.11. The van der Waals surface area contributed by atoms with Gasteiger partial charge in [0.15, 0.2) is 0 Å². The van der Waals surface area contributed by atoms with Crippen LogP contribution < -0.4 is 5.32 Å². The molecule has 1 aromatic rings. The summed E-state index contributed by atoms with van der Waals surface area (Å²) in [7, 11) is 1.29. The van der Waals surface area contributed by atoms with Gasteiger partial charge < -0.3 is 14.8 Å². The minimum absolute atomic E-state index is 0. The average molecular weight is 442 g/mol. The zero-order valence-electron chi connectivity index (χ0n) is 13.0. The van der Waals surface area contributed by atoms with Crippen molar-refractivity contribution in [2.75, 3.05) is 7.11 Å². The highest BCUT2D eigenvalue weighted by atomic mass is 127. The molecule has 124 valence electrons. The molecular formula is C15H21ClINO4. The summed E-state index contributed by atoms with van der Waals surface area (Å²) in [6.07, 6.45) is -0.286. The van der Waals surface area contributed by atoms with E-state index in [9.17, 15) is 9.59 Å². The molecule has 7 heteroatoms. The molecular weight excluding hydrogens is 421 g/mol. The van der Waals surface area contributed by atoms with Gasteiger partial charge in [-0.15, -0.1) is 12.4 Å². The van der Waals surface area contributed by atoms with Gasteiger partial charge in [-0.25, -0.2) is 9.59 Å². The van der Waals surface area contributed by atoms with Crippen molar-refractivity contribution in [2.45, 2.75) is 38.8 Å². The third-order valence-electron chi connectivity index (χ3n) is 2.53. The molecule has 0 saturated heterocycles. The van der Waals surface area contributed by atoms with E-state index in [4.69, 9.17) is 9.47 Å². The number of ether oxygens (including phenoxy) is 2. The third kappa shape index (κ3) is 7.84. The van der Waals surface area contributed by atoms with Crippen molar-refractivity contribution in [1.82, 2.24) is 5.32 Å². The summed E-state index contributed by atoms with van der Waals surface area (Å²) in [5, 5.41) is 2.55. The maximum Gasteiger partial charge on any atom is 0.408 e. The number of hydrogen-bond acceptors (Lipinski definition) is 4. The van der Waals surface area contributed by atoms with E-state index in [1.165, 1.54) is 7.11 Å². The Morgan fingerprint density at radius 2 is 1.77 bits per heavy atom. The van der Waals surface area contributed by atoms with E-state index in [2.05, 4.69) is 27.9 Å². The molecule has 0 bridgehead atoms. The van der Waals surface area contributed by atoms with Crippen LogP contribution in [0.25, 0.3) is 0 Å². The first kappa shape index (κ1) is 21.0. The molecule has 5 nitrogen and oxygen atoms in total. The summed E-state index contributed by atoms with van der Waals surface area (Å²) in [5.74, 6) is -0.501. The van der Waals surface area contributed by atoms with Gasteiger partial charge in [0.1, 0.15) is 11.6 Å². The highest BCUT2D eigenvalue weighted by molar-refractivity contribution is 14.1. The minimum Gasteiger partial charge on any atom is -0.467 e. The first-order chi connectivity index (χ1) is 9.71. The maximum absolute atomic E-state index is 11.8. The molecule has 0 aliphatic rings.